The van der Waals surface area contributed by atoms with Gasteiger partial charge in [-0.05, 0) is 26.2 Å². The van der Waals surface area contributed by atoms with Crippen LogP contribution in [0.25, 0.3) is 0 Å². The Balaban J connectivity index is 2.37. The molecule has 0 aromatic carbocycles. The minimum Gasteiger partial charge on any atom is -0.394 e. The molecule has 3 atom stereocenters. The van der Waals surface area contributed by atoms with Gasteiger partial charge in [0.15, 0.2) is 0 Å². The second kappa shape index (κ2) is 5.07. The summed E-state index contributed by atoms with van der Waals surface area (Å²) >= 11 is 0. The molecular formula is C10H20O4. The van der Waals surface area contributed by atoms with E-state index in [0.29, 0.717) is 0 Å². The Hall–Kier alpha value is -0.160. The van der Waals surface area contributed by atoms with Gasteiger partial charge in [0, 0.05) is 0 Å². The minimum atomic E-state index is -0.832. The molecular weight excluding hydrogens is 184 g/mol. The zero-order valence-electron chi connectivity index (χ0n) is 8.90. The van der Waals surface area contributed by atoms with Crippen molar-refractivity contribution in [3.05, 3.63) is 0 Å². The summed E-state index contributed by atoms with van der Waals surface area (Å²) in [6.45, 7) is 3.83. The van der Waals surface area contributed by atoms with E-state index in [4.69, 9.17) is 14.9 Å². The molecule has 1 aliphatic heterocycles. The third kappa shape index (κ3) is 2.92. The molecule has 0 amide bonds. The fourth-order valence-electron chi connectivity index (χ4n) is 1.78. The topological polar surface area (TPSA) is 58.9 Å². The fourth-order valence-corrected chi connectivity index (χ4v) is 1.78. The summed E-state index contributed by atoms with van der Waals surface area (Å²) in [5.41, 5.74) is -0.222. The molecule has 14 heavy (non-hydrogen) atoms. The molecule has 1 fully saturated rings. The lowest BCUT2D eigenvalue weighted by molar-refractivity contribution is -0.416. The SMILES string of the molecule is CCCC1(C)CC[C@@H](C(O)CO)OO1. The lowest BCUT2D eigenvalue weighted by Gasteiger charge is -2.37. The Morgan fingerprint density at radius 2 is 2.29 bits per heavy atom. The standard InChI is InChI=1S/C10H20O4/c1-3-5-10(2)6-4-9(13-14-10)8(12)7-11/h8-9,11-12H,3-7H2,1-2H3/t8?,9-,10?/m0/s1. The van der Waals surface area contributed by atoms with Crippen molar-refractivity contribution in [2.24, 2.45) is 0 Å². The fraction of sp³-hybridized carbons (Fsp3) is 1.00. The summed E-state index contributed by atoms with van der Waals surface area (Å²) in [7, 11) is 0. The van der Waals surface area contributed by atoms with E-state index in [1.165, 1.54) is 0 Å². The van der Waals surface area contributed by atoms with E-state index < -0.39 is 6.10 Å². The van der Waals surface area contributed by atoms with Crippen LogP contribution in [0.4, 0.5) is 0 Å². The van der Waals surface area contributed by atoms with Crippen LogP contribution in [0.5, 0.6) is 0 Å². The van der Waals surface area contributed by atoms with Crippen LogP contribution in [0.1, 0.15) is 39.5 Å². The molecule has 0 aromatic rings. The van der Waals surface area contributed by atoms with E-state index in [9.17, 15) is 5.11 Å². The van der Waals surface area contributed by atoms with E-state index in [1.54, 1.807) is 0 Å². The van der Waals surface area contributed by atoms with Crippen LogP contribution in [-0.2, 0) is 9.78 Å². The van der Waals surface area contributed by atoms with E-state index >= 15 is 0 Å². The molecule has 0 aromatic heterocycles. The van der Waals surface area contributed by atoms with Crippen molar-refractivity contribution in [2.75, 3.05) is 6.61 Å². The first kappa shape index (κ1) is 11.9. The smallest absolute Gasteiger partial charge is 0.121 e. The quantitative estimate of drug-likeness (QED) is 0.671. The van der Waals surface area contributed by atoms with Crippen LogP contribution < -0.4 is 0 Å². The first-order valence-corrected chi connectivity index (χ1v) is 5.24. The maximum absolute atomic E-state index is 9.33. The number of hydrogen-bond acceptors (Lipinski definition) is 4. The molecule has 84 valence electrons. The monoisotopic (exact) mass is 204 g/mol. The van der Waals surface area contributed by atoms with Crippen molar-refractivity contribution in [1.82, 2.24) is 0 Å². The summed E-state index contributed by atoms with van der Waals surface area (Å²) in [4.78, 5) is 10.4. The van der Waals surface area contributed by atoms with Crippen LogP contribution in [0.2, 0.25) is 0 Å². The molecule has 0 aliphatic carbocycles. The molecule has 1 saturated heterocycles. The molecule has 1 heterocycles. The van der Waals surface area contributed by atoms with Crippen molar-refractivity contribution in [1.29, 1.82) is 0 Å². The Bertz CT molecular complexity index is 164. The van der Waals surface area contributed by atoms with Gasteiger partial charge in [0.25, 0.3) is 0 Å². The van der Waals surface area contributed by atoms with Gasteiger partial charge in [-0.2, -0.15) is 0 Å². The minimum absolute atomic E-state index is 0.222. The molecule has 4 heteroatoms. The van der Waals surface area contributed by atoms with Gasteiger partial charge in [0.2, 0.25) is 0 Å². The van der Waals surface area contributed by atoms with Gasteiger partial charge in [-0.3, -0.25) is 0 Å². The zero-order chi connectivity index (χ0) is 10.6. The normalized spacial score (nSPS) is 35.6. The van der Waals surface area contributed by atoms with Crippen molar-refractivity contribution >= 4 is 0 Å². The molecule has 0 radical (unpaired) electrons. The summed E-state index contributed by atoms with van der Waals surface area (Å²) < 4.78 is 0. The van der Waals surface area contributed by atoms with Crippen LogP contribution in [0.15, 0.2) is 0 Å². The predicted octanol–water partition coefficient (Wildman–Crippen LogP) is 1.01. The Morgan fingerprint density at radius 1 is 1.57 bits per heavy atom. The Kier molecular flexibility index (Phi) is 4.31. The number of hydrogen-bond donors (Lipinski definition) is 2. The molecule has 1 aliphatic rings. The summed E-state index contributed by atoms with van der Waals surface area (Å²) in [5.74, 6) is 0. The Labute approximate surface area is 84.8 Å². The van der Waals surface area contributed by atoms with Gasteiger partial charge >= 0.3 is 0 Å². The second-order valence-corrected chi connectivity index (χ2v) is 4.21. The van der Waals surface area contributed by atoms with E-state index in [0.717, 1.165) is 25.7 Å². The molecule has 1 rings (SSSR count). The van der Waals surface area contributed by atoms with Gasteiger partial charge in [0.1, 0.15) is 17.8 Å². The predicted molar refractivity (Wildman–Crippen MR) is 51.6 cm³/mol. The molecule has 0 spiro atoms. The first-order chi connectivity index (χ1) is 6.61. The number of aliphatic hydroxyl groups is 2. The largest absolute Gasteiger partial charge is 0.394 e. The summed E-state index contributed by atoms with van der Waals surface area (Å²) in [5, 5.41) is 18.1. The van der Waals surface area contributed by atoms with Crippen LogP contribution >= 0.6 is 0 Å². The highest BCUT2D eigenvalue weighted by Gasteiger charge is 2.35. The van der Waals surface area contributed by atoms with Crippen molar-refractivity contribution in [3.8, 4) is 0 Å². The number of aliphatic hydroxyl groups excluding tert-OH is 2. The van der Waals surface area contributed by atoms with Crippen molar-refractivity contribution in [3.63, 3.8) is 0 Å². The maximum Gasteiger partial charge on any atom is 0.121 e. The van der Waals surface area contributed by atoms with Crippen molar-refractivity contribution in [2.45, 2.75) is 57.3 Å². The molecule has 2 N–H and O–H groups in total. The molecule has 0 saturated carbocycles. The zero-order valence-corrected chi connectivity index (χ0v) is 8.90. The van der Waals surface area contributed by atoms with Gasteiger partial charge < -0.3 is 10.2 Å². The van der Waals surface area contributed by atoms with Gasteiger partial charge in [-0.15, -0.1) is 0 Å². The van der Waals surface area contributed by atoms with E-state index in [-0.39, 0.29) is 18.3 Å². The lowest BCUT2D eigenvalue weighted by Crippen LogP contribution is -2.43. The summed E-state index contributed by atoms with van der Waals surface area (Å²) in [6, 6.07) is 0. The number of rotatable bonds is 4. The van der Waals surface area contributed by atoms with E-state index in [2.05, 4.69) is 6.92 Å². The third-order valence-electron chi connectivity index (χ3n) is 2.73. The molecule has 0 bridgehead atoms. The molecule has 4 nitrogen and oxygen atoms in total. The highest BCUT2D eigenvalue weighted by atomic mass is 17.2. The third-order valence-corrected chi connectivity index (χ3v) is 2.73. The highest BCUT2D eigenvalue weighted by molar-refractivity contribution is 4.80. The second-order valence-electron chi connectivity index (χ2n) is 4.21. The molecule has 2 unspecified atom stereocenters. The van der Waals surface area contributed by atoms with Crippen LogP contribution in [-0.4, -0.2) is 34.6 Å². The van der Waals surface area contributed by atoms with Gasteiger partial charge in [-0.25, -0.2) is 9.78 Å². The lowest BCUT2D eigenvalue weighted by atomic mass is 9.91. The average Bonchev–Trinajstić information content (AvgIpc) is 2.18. The average molecular weight is 204 g/mol. The van der Waals surface area contributed by atoms with E-state index in [1.807, 2.05) is 6.92 Å². The van der Waals surface area contributed by atoms with Crippen molar-refractivity contribution < 1.29 is 20.0 Å². The maximum atomic E-state index is 9.33. The van der Waals surface area contributed by atoms with Crippen LogP contribution in [0.3, 0.4) is 0 Å². The first-order valence-electron chi connectivity index (χ1n) is 5.24. The van der Waals surface area contributed by atoms with Gasteiger partial charge in [0.05, 0.1) is 6.61 Å². The summed E-state index contributed by atoms with van der Waals surface area (Å²) in [6.07, 6.45) is 2.38. The van der Waals surface area contributed by atoms with Crippen LogP contribution in [0, 0.1) is 0 Å². The van der Waals surface area contributed by atoms with Gasteiger partial charge in [-0.1, -0.05) is 13.3 Å². The highest BCUT2D eigenvalue weighted by Crippen LogP contribution is 2.31. The Morgan fingerprint density at radius 3 is 2.71 bits per heavy atom.